The highest BCUT2D eigenvalue weighted by molar-refractivity contribution is 6.32. The van der Waals surface area contributed by atoms with Gasteiger partial charge < -0.3 is 10.2 Å². The summed E-state index contributed by atoms with van der Waals surface area (Å²) in [5.41, 5.74) is 0. The van der Waals surface area contributed by atoms with Gasteiger partial charge >= 0.3 is 0 Å². The summed E-state index contributed by atoms with van der Waals surface area (Å²) < 4.78 is 0. The van der Waals surface area contributed by atoms with E-state index >= 15 is 0 Å². The lowest BCUT2D eigenvalue weighted by Crippen LogP contribution is -2.30. The van der Waals surface area contributed by atoms with Gasteiger partial charge in [-0.1, -0.05) is 11.6 Å². The summed E-state index contributed by atoms with van der Waals surface area (Å²) in [6.07, 6.45) is 3.63. The predicted octanol–water partition coefficient (Wildman–Crippen LogP) is 2.32. The predicted molar refractivity (Wildman–Crippen MR) is 73.2 cm³/mol. The van der Waals surface area contributed by atoms with Gasteiger partial charge in [0.15, 0.2) is 11.0 Å². The lowest BCUT2D eigenvalue weighted by molar-refractivity contribution is 0.215. The van der Waals surface area contributed by atoms with Crippen molar-refractivity contribution in [3.8, 4) is 0 Å². The number of nitrogens with zero attached hydrogens (tertiary/aromatic N) is 4. The fourth-order valence-corrected chi connectivity index (χ4v) is 2.42. The highest BCUT2D eigenvalue weighted by Crippen LogP contribution is 2.21. The van der Waals surface area contributed by atoms with Crippen molar-refractivity contribution in [1.29, 1.82) is 0 Å². The third-order valence-corrected chi connectivity index (χ3v) is 3.72. The number of hydrogen-bond donors (Lipinski definition) is 1. The lowest BCUT2D eigenvalue weighted by Gasteiger charge is -2.28. The van der Waals surface area contributed by atoms with E-state index in [4.69, 9.17) is 23.2 Å². The molecule has 1 N–H and O–H groups in total. The second kappa shape index (κ2) is 6.50. The van der Waals surface area contributed by atoms with E-state index in [0.29, 0.717) is 5.82 Å². The first kappa shape index (κ1) is 13.8. The molecule has 100 valence electrons. The SMILES string of the molecule is CN1CCC(CCNc2nc(Cl)nnc2Cl)CC1. The molecule has 0 aliphatic carbocycles. The molecule has 0 bridgehead atoms. The van der Waals surface area contributed by atoms with E-state index in [-0.39, 0.29) is 10.4 Å². The first-order chi connectivity index (χ1) is 8.65. The molecule has 0 amide bonds. The molecule has 1 saturated heterocycles. The molecule has 1 aliphatic heterocycles. The Morgan fingerprint density at radius 3 is 2.72 bits per heavy atom. The molecular formula is C11H17Cl2N5. The van der Waals surface area contributed by atoms with Crippen LogP contribution in [0.5, 0.6) is 0 Å². The summed E-state index contributed by atoms with van der Waals surface area (Å²) in [6, 6.07) is 0. The van der Waals surface area contributed by atoms with Crippen LogP contribution >= 0.6 is 23.2 Å². The van der Waals surface area contributed by atoms with Gasteiger partial charge in [-0.3, -0.25) is 0 Å². The minimum absolute atomic E-state index is 0.112. The molecule has 1 aromatic heterocycles. The van der Waals surface area contributed by atoms with Crippen LogP contribution in [0.25, 0.3) is 0 Å². The molecule has 2 heterocycles. The molecule has 0 spiro atoms. The van der Waals surface area contributed by atoms with E-state index < -0.39 is 0 Å². The molecule has 7 heteroatoms. The topological polar surface area (TPSA) is 53.9 Å². The third kappa shape index (κ3) is 3.93. The standard InChI is InChI=1S/C11H17Cl2N5/c1-18-6-3-8(4-7-18)2-5-14-10-9(12)16-17-11(13)15-10/h8H,2-7H2,1H3,(H,14,15,17). The van der Waals surface area contributed by atoms with Crippen molar-refractivity contribution < 1.29 is 0 Å². The number of halogens is 2. The molecule has 1 aromatic rings. The number of piperidine rings is 1. The summed E-state index contributed by atoms with van der Waals surface area (Å²) in [6.45, 7) is 3.21. The first-order valence-corrected chi connectivity index (χ1v) is 6.89. The summed E-state index contributed by atoms with van der Waals surface area (Å²) >= 11 is 11.5. The molecule has 18 heavy (non-hydrogen) atoms. The number of hydrogen-bond acceptors (Lipinski definition) is 5. The maximum atomic E-state index is 5.87. The smallest absolute Gasteiger partial charge is 0.245 e. The van der Waals surface area contributed by atoms with Crippen LogP contribution < -0.4 is 5.32 Å². The van der Waals surface area contributed by atoms with E-state index in [0.717, 1.165) is 18.9 Å². The average molecular weight is 290 g/mol. The largest absolute Gasteiger partial charge is 0.367 e. The molecule has 1 aliphatic rings. The van der Waals surface area contributed by atoms with Crippen LogP contribution in [0.4, 0.5) is 5.82 Å². The number of nitrogens with one attached hydrogen (secondary N) is 1. The van der Waals surface area contributed by atoms with Crippen LogP contribution in [-0.2, 0) is 0 Å². The molecule has 1 fully saturated rings. The van der Waals surface area contributed by atoms with Crippen molar-refractivity contribution in [1.82, 2.24) is 20.1 Å². The Bertz CT molecular complexity index is 393. The fourth-order valence-electron chi connectivity index (χ4n) is 2.15. The second-order valence-corrected chi connectivity index (χ2v) is 5.38. The van der Waals surface area contributed by atoms with Gasteiger partial charge in [0.2, 0.25) is 5.28 Å². The van der Waals surface area contributed by atoms with Crippen molar-refractivity contribution in [2.45, 2.75) is 19.3 Å². The summed E-state index contributed by atoms with van der Waals surface area (Å²) in [5, 5.41) is 10.8. The molecule has 0 radical (unpaired) electrons. The average Bonchev–Trinajstić information content (AvgIpc) is 2.36. The van der Waals surface area contributed by atoms with E-state index in [2.05, 4.69) is 32.4 Å². The molecule has 0 aromatic carbocycles. The second-order valence-electron chi connectivity index (χ2n) is 4.68. The Hall–Kier alpha value is -0.650. The zero-order chi connectivity index (χ0) is 13.0. The van der Waals surface area contributed by atoms with Crippen LogP contribution in [0.3, 0.4) is 0 Å². The van der Waals surface area contributed by atoms with Gasteiger partial charge in [-0.25, -0.2) is 0 Å². The molecule has 0 unspecified atom stereocenters. The Labute approximate surface area is 117 Å². The van der Waals surface area contributed by atoms with E-state index in [1.807, 2.05) is 0 Å². The maximum absolute atomic E-state index is 5.87. The number of aromatic nitrogens is 3. The van der Waals surface area contributed by atoms with Crippen molar-refractivity contribution in [2.75, 3.05) is 32.0 Å². The fraction of sp³-hybridized carbons (Fsp3) is 0.727. The molecule has 0 atom stereocenters. The zero-order valence-electron chi connectivity index (χ0n) is 10.4. The van der Waals surface area contributed by atoms with Gasteiger partial charge in [0.05, 0.1) is 0 Å². The van der Waals surface area contributed by atoms with Gasteiger partial charge in [0.1, 0.15) is 0 Å². The van der Waals surface area contributed by atoms with E-state index in [1.54, 1.807) is 0 Å². The zero-order valence-corrected chi connectivity index (χ0v) is 11.9. The summed E-state index contributed by atoms with van der Waals surface area (Å²) in [5.74, 6) is 1.29. The van der Waals surface area contributed by atoms with Gasteiger partial charge in [0.25, 0.3) is 0 Å². The van der Waals surface area contributed by atoms with Crippen molar-refractivity contribution in [2.24, 2.45) is 5.92 Å². The molecular weight excluding hydrogens is 273 g/mol. The van der Waals surface area contributed by atoms with Crippen molar-refractivity contribution >= 4 is 29.0 Å². The first-order valence-electron chi connectivity index (χ1n) is 6.13. The van der Waals surface area contributed by atoms with Gasteiger partial charge in [-0.2, -0.15) is 4.98 Å². The van der Waals surface area contributed by atoms with Crippen LogP contribution in [0, 0.1) is 5.92 Å². The van der Waals surface area contributed by atoms with Crippen molar-refractivity contribution in [3.63, 3.8) is 0 Å². The minimum Gasteiger partial charge on any atom is -0.367 e. The van der Waals surface area contributed by atoms with Crippen LogP contribution in [0.2, 0.25) is 10.4 Å². The van der Waals surface area contributed by atoms with Gasteiger partial charge in [0, 0.05) is 6.54 Å². The number of rotatable bonds is 4. The highest BCUT2D eigenvalue weighted by Gasteiger charge is 2.16. The van der Waals surface area contributed by atoms with Gasteiger partial charge in [-0.05, 0) is 56.9 Å². The van der Waals surface area contributed by atoms with Gasteiger partial charge in [-0.15, -0.1) is 10.2 Å². The monoisotopic (exact) mass is 289 g/mol. The normalized spacial score (nSPS) is 17.9. The highest BCUT2D eigenvalue weighted by atomic mass is 35.5. The lowest BCUT2D eigenvalue weighted by atomic mass is 9.94. The van der Waals surface area contributed by atoms with Crippen LogP contribution in [-0.4, -0.2) is 46.8 Å². The summed E-state index contributed by atoms with van der Waals surface area (Å²) in [7, 11) is 2.17. The third-order valence-electron chi connectivity index (χ3n) is 3.30. The molecule has 5 nitrogen and oxygen atoms in total. The number of likely N-dealkylation sites (tertiary alicyclic amines) is 1. The Balaban J connectivity index is 1.76. The van der Waals surface area contributed by atoms with Crippen molar-refractivity contribution in [3.05, 3.63) is 10.4 Å². The Morgan fingerprint density at radius 1 is 1.28 bits per heavy atom. The van der Waals surface area contributed by atoms with Crippen LogP contribution in [0.1, 0.15) is 19.3 Å². The molecule has 2 rings (SSSR count). The summed E-state index contributed by atoms with van der Waals surface area (Å²) in [4.78, 5) is 6.38. The van der Waals surface area contributed by atoms with Crippen LogP contribution in [0.15, 0.2) is 0 Å². The van der Waals surface area contributed by atoms with E-state index in [9.17, 15) is 0 Å². The number of anilines is 1. The Kier molecular flexibility index (Phi) is 4.97. The van der Waals surface area contributed by atoms with E-state index in [1.165, 1.54) is 25.9 Å². The maximum Gasteiger partial charge on any atom is 0.245 e. The Morgan fingerprint density at radius 2 is 2.00 bits per heavy atom. The minimum atomic E-state index is 0.112. The quantitative estimate of drug-likeness (QED) is 0.922. The molecule has 0 saturated carbocycles.